The van der Waals surface area contributed by atoms with Gasteiger partial charge in [-0.3, -0.25) is 14.2 Å². The molecule has 1 amide bonds. The Kier molecular flexibility index (Phi) is 6.46. The molecule has 28 heavy (non-hydrogen) atoms. The summed E-state index contributed by atoms with van der Waals surface area (Å²) in [6.45, 7) is 4.30. The molecule has 0 aliphatic carbocycles. The second-order valence-electron chi connectivity index (χ2n) is 6.54. The Morgan fingerprint density at radius 1 is 1.21 bits per heavy atom. The van der Waals surface area contributed by atoms with Crippen LogP contribution in [0, 0.1) is 5.82 Å². The number of aromatic nitrogens is 2. The van der Waals surface area contributed by atoms with Crippen LogP contribution in [0.2, 0.25) is 0 Å². The number of hydrogen-bond donors (Lipinski definition) is 1. The van der Waals surface area contributed by atoms with Crippen LogP contribution in [-0.2, 0) is 11.3 Å². The lowest BCUT2D eigenvalue weighted by atomic mass is 10.2. The van der Waals surface area contributed by atoms with Gasteiger partial charge in [-0.2, -0.15) is 0 Å². The maximum absolute atomic E-state index is 12.9. The number of carbonyl (C=O) groups excluding carboxylic acids is 1. The number of fused-ring (bicyclic) bond motifs is 1. The zero-order valence-electron chi connectivity index (χ0n) is 15.8. The molecule has 0 bridgehead atoms. The highest BCUT2D eigenvalue weighted by molar-refractivity contribution is 7.99. The number of rotatable bonds is 7. The average molecular weight is 399 g/mol. The number of hydrogen-bond acceptors (Lipinski definition) is 4. The predicted octanol–water partition coefficient (Wildman–Crippen LogP) is 3.92. The van der Waals surface area contributed by atoms with Crippen LogP contribution in [0.1, 0.15) is 31.9 Å². The van der Waals surface area contributed by atoms with Gasteiger partial charge in [0.15, 0.2) is 5.16 Å². The van der Waals surface area contributed by atoms with Crippen LogP contribution in [0.5, 0.6) is 0 Å². The Labute approximate surface area is 167 Å². The van der Waals surface area contributed by atoms with Crippen LogP contribution in [0.4, 0.5) is 4.39 Å². The third-order valence-electron chi connectivity index (χ3n) is 4.54. The first kappa shape index (κ1) is 20.1. The summed E-state index contributed by atoms with van der Waals surface area (Å²) in [4.78, 5) is 29.8. The van der Waals surface area contributed by atoms with Crippen LogP contribution in [0.15, 0.2) is 58.5 Å². The van der Waals surface area contributed by atoms with Crippen molar-refractivity contribution in [1.82, 2.24) is 14.9 Å². The predicted molar refractivity (Wildman–Crippen MR) is 110 cm³/mol. The fourth-order valence-electron chi connectivity index (χ4n) is 2.78. The molecular formula is C21H22FN3O2S. The molecule has 146 valence electrons. The first-order chi connectivity index (χ1) is 13.5. The molecule has 2 aromatic carbocycles. The van der Waals surface area contributed by atoms with Crippen molar-refractivity contribution in [3.05, 3.63) is 70.3 Å². The molecule has 0 aliphatic rings. The summed E-state index contributed by atoms with van der Waals surface area (Å²) in [6, 6.07) is 13.2. The van der Waals surface area contributed by atoms with E-state index < -0.39 is 0 Å². The summed E-state index contributed by atoms with van der Waals surface area (Å²) in [7, 11) is 0. The number of nitrogens with one attached hydrogen (secondary N) is 1. The monoisotopic (exact) mass is 399 g/mol. The van der Waals surface area contributed by atoms with Gasteiger partial charge in [-0.1, -0.05) is 43.0 Å². The summed E-state index contributed by atoms with van der Waals surface area (Å²) < 4.78 is 14.6. The molecule has 1 N–H and O–H groups in total. The Morgan fingerprint density at radius 3 is 2.64 bits per heavy atom. The van der Waals surface area contributed by atoms with Gasteiger partial charge < -0.3 is 5.32 Å². The third-order valence-corrected chi connectivity index (χ3v) is 5.50. The molecule has 0 fully saturated rings. The molecule has 1 aromatic heterocycles. The van der Waals surface area contributed by atoms with E-state index in [2.05, 4.69) is 10.3 Å². The van der Waals surface area contributed by atoms with Gasteiger partial charge in [0.1, 0.15) is 5.82 Å². The third kappa shape index (κ3) is 4.59. The molecule has 0 saturated carbocycles. The quantitative estimate of drug-likeness (QED) is 0.483. The van der Waals surface area contributed by atoms with Crippen LogP contribution in [-0.4, -0.2) is 21.2 Å². The van der Waals surface area contributed by atoms with Crippen molar-refractivity contribution in [2.75, 3.05) is 5.75 Å². The standard InChI is InChI=1S/C21H22FN3O2S/c1-3-14(2)25-20(27)17-6-4-5-7-18(17)24-21(25)28-13-19(26)23-12-15-8-10-16(22)11-9-15/h4-11,14H,3,12-13H2,1-2H3,(H,23,26)/t14-/m1/s1. The number of nitrogens with zero attached hydrogens (tertiary/aromatic N) is 2. The second-order valence-corrected chi connectivity index (χ2v) is 7.48. The van der Waals surface area contributed by atoms with Gasteiger partial charge in [-0.25, -0.2) is 9.37 Å². The first-order valence-corrected chi connectivity index (χ1v) is 10.1. The average Bonchev–Trinajstić information content (AvgIpc) is 2.71. The topological polar surface area (TPSA) is 64.0 Å². The molecule has 7 heteroatoms. The van der Waals surface area contributed by atoms with Gasteiger partial charge >= 0.3 is 0 Å². The number of carbonyl (C=O) groups is 1. The van der Waals surface area contributed by atoms with E-state index in [9.17, 15) is 14.0 Å². The maximum atomic E-state index is 12.9. The fourth-order valence-corrected chi connectivity index (χ4v) is 3.71. The normalized spacial score (nSPS) is 12.1. The van der Waals surface area contributed by atoms with Crippen molar-refractivity contribution >= 4 is 28.6 Å². The molecule has 0 radical (unpaired) electrons. The van der Waals surface area contributed by atoms with Gasteiger partial charge in [0.05, 0.1) is 16.7 Å². The van der Waals surface area contributed by atoms with Crippen molar-refractivity contribution in [3.63, 3.8) is 0 Å². The number of benzene rings is 2. The molecule has 0 saturated heterocycles. The summed E-state index contributed by atoms with van der Waals surface area (Å²) in [6.07, 6.45) is 0.782. The highest BCUT2D eigenvalue weighted by Gasteiger charge is 2.16. The van der Waals surface area contributed by atoms with Gasteiger partial charge in [0, 0.05) is 12.6 Å². The Bertz CT molecular complexity index is 1030. The van der Waals surface area contributed by atoms with Gasteiger partial charge in [0.25, 0.3) is 5.56 Å². The number of thioether (sulfide) groups is 1. The Morgan fingerprint density at radius 2 is 1.93 bits per heavy atom. The lowest BCUT2D eigenvalue weighted by molar-refractivity contribution is -0.118. The van der Waals surface area contributed by atoms with E-state index >= 15 is 0 Å². The molecule has 0 aliphatic heterocycles. The zero-order chi connectivity index (χ0) is 20.1. The van der Waals surface area contributed by atoms with Crippen molar-refractivity contribution in [1.29, 1.82) is 0 Å². The van der Waals surface area contributed by atoms with E-state index in [0.29, 0.717) is 22.6 Å². The molecule has 1 heterocycles. The largest absolute Gasteiger partial charge is 0.351 e. The van der Waals surface area contributed by atoms with E-state index in [4.69, 9.17) is 0 Å². The SMILES string of the molecule is CC[C@@H](C)n1c(SCC(=O)NCc2ccc(F)cc2)nc2ccccc2c1=O. The van der Waals surface area contributed by atoms with Crippen molar-refractivity contribution in [2.45, 2.75) is 38.0 Å². The summed E-state index contributed by atoms with van der Waals surface area (Å²) in [5.41, 5.74) is 1.36. The Balaban J connectivity index is 1.74. The van der Waals surface area contributed by atoms with Crippen molar-refractivity contribution in [3.8, 4) is 0 Å². The summed E-state index contributed by atoms with van der Waals surface area (Å²) in [5.74, 6) is -0.342. The molecule has 3 aromatic rings. The maximum Gasteiger partial charge on any atom is 0.262 e. The minimum absolute atomic E-state index is 0.0191. The van der Waals surface area contributed by atoms with Crippen LogP contribution < -0.4 is 10.9 Å². The molecule has 0 spiro atoms. The van der Waals surface area contributed by atoms with Gasteiger partial charge in [-0.05, 0) is 43.2 Å². The highest BCUT2D eigenvalue weighted by Crippen LogP contribution is 2.22. The van der Waals surface area contributed by atoms with Gasteiger partial charge in [0.2, 0.25) is 5.91 Å². The van der Waals surface area contributed by atoms with E-state index in [1.54, 1.807) is 28.8 Å². The number of para-hydroxylation sites is 1. The van der Waals surface area contributed by atoms with Crippen LogP contribution >= 0.6 is 11.8 Å². The van der Waals surface area contributed by atoms with E-state index in [1.165, 1.54) is 23.9 Å². The fraction of sp³-hybridized carbons (Fsp3) is 0.286. The minimum atomic E-state index is -0.309. The smallest absolute Gasteiger partial charge is 0.262 e. The molecule has 0 unspecified atom stereocenters. The number of halogens is 1. The molecular weight excluding hydrogens is 377 g/mol. The lowest BCUT2D eigenvalue weighted by Gasteiger charge is -2.18. The minimum Gasteiger partial charge on any atom is -0.351 e. The first-order valence-electron chi connectivity index (χ1n) is 9.14. The molecule has 3 rings (SSSR count). The summed E-state index contributed by atoms with van der Waals surface area (Å²) in [5, 5.41) is 3.92. The van der Waals surface area contributed by atoms with Crippen LogP contribution in [0.3, 0.4) is 0 Å². The highest BCUT2D eigenvalue weighted by atomic mass is 32.2. The summed E-state index contributed by atoms with van der Waals surface area (Å²) >= 11 is 1.25. The van der Waals surface area contributed by atoms with Crippen molar-refractivity contribution < 1.29 is 9.18 Å². The van der Waals surface area contributed by atoms with Crippen molar-refractivity contribution in [2.24, 2.45) is 0 Å². The number of amides is 1. The van der Waals surface area contributed by atoms with E-state index in [1.807, 2.05) is 26.0 Å². The Hall–Kier alpha value is -2.67. The molecule has 1 atom stereocenters. The lowest BCUT2D eigenvalue weighted by Crippen LogP contribution is -2.28. The second kappa shape index (κ2) is 9.01. The zero-order valence-corrected chi connectivity index (χ0v) is 16.6. The molecule has 5 nitrogen and oxygen atoms in total. The van der Waals surface area contributed by atoms with Crippen LogP contribution in [0.25, 0.3) is 10.9 Å². The van der Waals surface area contributed by atoms with E-state index in [-0.39, 0.29) is 29.1 Å². The van der Waals surface area contributed by atoms with Gasteiger partial charge in [-0.15, -0.1) is 0 Å². The van der Waals surface area contributed by atoms with E-state index in [0.717, 1.165) is 12.0 Å².